The quantitative estimate of drug-likeness (QED) is 0.427. The molecule has 0 fully saturated rings. The van der Waals surface area contributed by atoms with Crippen LogP contribution in [0.1, 0.15) is 24.0 Å². The van der Waals surface area contributed by atoms with E-state index in [0.29, 0.717) is 11.4 Å². The van der Waals surface area contributed by atoms with Gasteiger partial charge in [0.25, 0.3) is 0 Å². The minimum atomic E-state index is -1.09. The molecule has 35 heavy (non-hydrogen) atoms. The highest BCUT2D eigenvalue weighted by Crippen LogP contribution is 2.44. The summed E-state index contributed by atoms with van der Waals surface area (Å²) in [6.07, 6.45) is -0.587. The highest BCUT2D eigenvalue weighted by atomic mass is 16.5. The smallest absolute Gasteiger partial charge is 0.407 e. The summed E-state index contributed by atoms with van der Waals surface area (Å²) in [4.78, 5) is 35.5. The third-order valence-corrected chi connectivity index (χ3v) is 5.81. The Labute approximate surface area is 202 Å². The summed E-state index contributed by atoms with van der Waals surface area (Å²) in [5.74, 6) is -1.63. The summed E-state index contributed by atoms with van der Waals surface area (Å²) < 4.78 is 10.6. The maximum Gasteiger partial charge on any atom is 0.407 e. The molecule has 1 aliphatic rings. The van der Waals surface area contributed by atoms with Gasteiger partial charge < -0.3 is 25.2 Å². The molecule has 3 N–H and O–H groups in total. The van der Waals surface area contributed by atoms with Crippen molar-refractivity contribution >= 4 is 23.7 Å². The lowest BCUT2D eigenvalue weighted by Gasteiger charge is -2.16. The Morgan fingerprint density at radius 2 is 1.60 bits per heavy atom. The van der Waals surface area contributed by atoms with Gasteiger partial charge >= 0.3 is 12.1 Å². The maximum atomic E-state index is 12.5. The Morgan fingerprint density at radius 1 is 0.943 bits per heavy atom. The fourth-order valence-electron chi connectivity index (χ4n) is 4.05. The number of rotatable bonds is 9. The zero-order valence-electron chi connectivity index (χ0n) is 19.2. The van der Waals surface area contributed by atoms with Gasteiger partial charge in [-0.15, -0.1) is 0 Å². The molecular weight excluding hydrogens is 448 g/mol. The van der Waals surface area contributed by atoms with E-state index in [1.54, 1.807) is 25.1 Å². The number of aliphatic carboxylic acids is 1. The molecule has 8 heteroatoms. The normalized spacial score (nSPS) is 12.7. The first-order chi connectivity index (χ1) is 16.9. The van der Waals surface area contributed by atoms with Gasteiger partial charge in [0.1, 0.15) is 12.4 Å². The molecule has 0 heterocycles. The van der Waals surface area contributed by atoms with Gasteiger partial charge in [-0.3, -0.25) is 4.79 Å². The van der Waals surface area contributed by atoms with Gasteiger partial charge in [0, 0.05) is 24.2 Å². The molecule has 0 saturated heterocycles. The summed E-state index contributed by atoms with van der Waals surface area (Å²) in [7, 11) is 0. The van der Waals surface area contributed by atoms with E-state index in [0.717, 1.165) is 22.3 Å². The number of nitrogens with one attached hydrogen (secondary N) is 2. The average molecular weight is 475 g/mol. The van der Waals surface area contributed by atoms with E-state index in [2.05, 4.69) is 34.9 Å². The van der Waals surface area contributed by atoms with Crippen LogP contribution in [0.2, 0.25) is 0 Å². The van der Waals surface area contributed by atoms with E-state index in [1.807, 2.05) is 24.3 Å². The fourth-order valence-corrected chi connectivity index (χ4v) is 4.05. The van der Waals surface area contributed by atoms with Gasteiger partial charge in [-0.25, -0.2) is 9.59 Å². The number of carbonyl (C=O) groups is 3. The van der Waals surface area contributed by atoms with Crippen LogP contribution >= 0.6 is 0 Å². The van der Waals surface area contributed by atoms with Crippen molar-refractivity contribution in [1.29, 1.82) is 0 Å². The van der Waals surface area contributed by atoms with Crippen molar-refractivity contribution < 1.29 is 29.0 Å². The van der Waals surface area contributed by atoms with Crippen molar-refractivity contribution in [2.45, 2.75) is 12.8 Å². The number of fused-ring (bicyclic) bond motifs is 3. The lowest BCUT2D eigenvalue weighted by atomic mass is 9.98. The van der Waals surface area contributed by atoms with Crippen LogP contribution in [0.25, 0.3) is 11.1 Å². The lowest BCUT2D eigenvalue weighted by Crippen LogP contribution is -2.35. The third kappa shape index (κ3) is 5.78. The predicted octanol–water partition coefficient (Wildman–Crippen LogP) is 4.26. The Bertz CT molecular complexity index is 1200. The molecule has 0 aromatic heterocycles. The number of carboxylic acids is 1. The van der Waals surface area contributed by atoms with Crippen LogP contribution in [0.5, 0.6) is 5.75 Å². The minimum absolute atomic E-state index is 0.0375. The highest BCUT2D eigenvalue weighted by Gasteiger charge is 2.29. The number of carboxylic acid groups (broad SMARTS) is 1. The molecule has 3 aromatic rings. The standard InChI is InChI=1S/C27H26N2O6/c1-17(26(32)29-18-7-6-8-19(13-18)34-16-25(30)31)14-28-27(33)35-15-24-22-11-4-2-9-20(22)21-10-3-5-12-23(21)24/h2-13,17,24H,14-16H2,1H3,(H,28,33)(H,29,32)(H,30,31). The van der Waals surface area contributed by atoms with Crippen LogP contribution < -0.4 is 15.4 Å². The first-order valence-corrected chi connectivity index (χ1v) is 11.3. The number of anilines is 1. The van der Waals surface area contributed by atoms with Gasteiger partial charge in [0.15, 0.2) is 6.61 Å². The number of carbonyl (C=O) groups excluding carboxylic acids is 2. The molecule has 180 valence electrons. The first kappa shape index (κ1) is 23.8. The Morgan fingerprint density at radius 3 is 2.26 bits per heavy atom. The monoisotopic (exact) mass is 474 g/mol. The molecule has 3 aromatic carbocycles. The topological polar surface area (TPSA) is 114 Å². The summed E-state index contributed by atoms with van der Waals surface area (Å²) in [6.45, 7) is 1.50. The number of hydrogen-bond acceptors (Lipinski definition) is 5. The van der Waals surface area contributed by atoms with E-state index in [-0.39, 0.29) is 25.0 Å². The molecule has 8 nitrogen and oxygen atoms in total. The second-order valence-corrected chi connectivity index (χ2v) is 8.31. The van der Waals surface area contributed by atoms with Crippen LogP contribution in [0.4, 0.5) is 10.5 Å². The molecule has 0 radical (unpaired) electrons. The van der Waals surface area contributed by atoms with E-state index in [9.17, 15) is 14.4 Å². The van der Waals surface area contributed by atoms with Crippen LogP contribution in [0.3, 0.4) is 0 Å². The SMILES string of the molecule is CC(CNC(=O)OCC1c2ccccc2-c2ccccc21)C(=O)Nc1cccc(OCC(=O)O)c1. The predicted molar refractivity (Wildman–Crippen MR) is 130 cm³/mol. The van der Waals surface area contributed by atoms with Crippen molar-refractivity contribution in [3.63, 3.8) is 0 Å². The van der Waals surface area contributed by atoms with Gasteiger partial charge in [0.05, 0.1) is 5.92 Å². The summed E-state index contributed by atoms with van der Waals surface area (Å²) in [5.41, 5.74) is 5.03. The van der Waals surface area contributed by atoms with Crippen LogP contribution in [0, 0.1) is 5.92 Å². The second-order valence-electron chi connectivity index (χ2n) is 8.31. The minimum Gasteiger partial charge on any atom is -0.482 e. The molecule has 1 atom stereocenters. The molecule has 0 bridgehead atoms. The zero-order chi connectivity index (χ0) is 24.8. The van der Waals surface area contributed by atoms with Gasteiger partial charge in [-0.05, 0) is 34.4 Å². The maximum absolute atomic E-state index is 12.5. The van der Waals surface area contributed by atoms with Gasteiger partial charge in [-0.2, -0.15) is 0 Å². The van der Waals surface area contributed by atoms with Crippen LogP contribution in [-0.4, -0.2) is 42.8 Å². The van der Waals surface area contributed by atoms with Crippen molar-refractivity contribution in [2.24, 2.45) is 5.92 Å². The zero-order valence-corrected chi connectivity index (χ0v) is 19.2. The first-order valence-electron chi connectivity index (χ1n) is 11.3. The largest absolute Gasteiger partial charge is 0.482 e. The third-order valence-electron chi connectivity index (χ3n) is 5.81. The van der Waals surface area contributed by atoms with Crippen LogP contribution in [0.15, 0.2) is 72.8 Å². The molecule has 0 spiro atoms. The van der Waals surface area contributed by atoms with Crippen molar-refractivity contribution in [3.05, 3.63) is 83.9 Å². The number of benzene rings is 3. The van der Waals surface area contributed by atoms with Crippen molar-refractivity contribution in [2.75, 3.05) is 25.1 Å². The average Bonchev–Trinajstić information content (AvgIpc) is 3.18. The number of alkyl carbamates (subject to hydrolysis) is 1. The Balaban J connectivity index is 1.27. The summed E-state index contributed by atoms with van der Waals surface area (Å²) in [5, 5.41) is 14.1. The molecule has 4 rings (SSSR count). The summed E-state index contributed by atoms with van der Waals surface area (Å²) in [6, 6.07) is 22.6. The second kappa shape index (κ2) is 10.7. The number of amides is 2. The fraction of sp³-hybridized carbons (Fsp3) is 0.222. The molecule has 0 saturated carbocycles. The van der Waals surface area contributed by atoms with E-state index >= 15 is 0 Å². The molecule has 2 amide bonds. The van der Waals surface area contributed by atoms with E-state index in [4.69, 9.17) is 14.6 Å². The number of hydrogen-bond donors (Lipinski definition) is 3. The van der Waals surface area contributed by atoms with Gasteiger partial charge in [0.2, 0.25) is 5.91 Å². The molecular formula is C27H26N2O6. The van der Waals surface area contributed by atoms with Gasteiger partial charge in [-0.1, -0.05) is 61.5 Å². The molecule has 0 aliphatic heterocycles. The molecule has 1 unspecified atom stereocenters. The summed E-state index contributed by atoms with van der Waals surface area (Å²) >= 11 is 0. The van der Waals surface area contributed by atoms with Crippen molar-refractivity contribution in [3.8, 4) is 16.9 Å². The lowest BCUT2D eigenvalue weighted by molar-refractivity contribution is -0.139. The van der Waals surface area contributed by atoms with Crippen LogP contribution in [-0.2, 0) is 14.3 Å². The Hall–Kier alpha value is -4.33. The van der Waals surface area contributed by atoms with Crippen molar-refractivity contribution in [1.82, 2.24) is 5.32 Å². The van der Waals surface area contributed by atoms with E-state index < -0.39 is 24.6 Å². The Kier molecular flexibility index (Phi) is 7.30. The highest BCUT2D eigenvalue weighted by molar-refractivity contribution is 5.92. The number of ether oxygens (including phenoxy) is 2. The van der Waals surface area contributed by atoms with E-state index in [1.165, 1.54) is 6.07 Å². The molecule has 1 aliphatic carbocycles.